The Morgan fingerprint density at radius 3 is 1.93 bits per heavy atom. The number of carboxylic acid groups (broad SMARTS) is 2. The van der Waals surface area contributed by atoms with E-state index in [-0.39, 0.29) is 18.0 Å². The molecule has 0 saturated carbocycles. The van der Waals surface area contributed by atoms with Crippen molar-refractivity contribution in [3.05, 3.63) is 35.9 Å². The third-order valence-corrected chi connectivity index (χ3v) is 4.31. The van der Waals surface area contributed by atoms with Gasteiger partial charge in [-0.05, 0) is 17.9 Å². The van der Waals surface area contributed by atoms with Crippen LogP contribution in [0.1, 0.15) is 31.1 Å². The van der Waals surface area contributed by atoms with Crippen molar-refractivity contribution >= 4 is 27.9 Å². The number of rotatable bonds is 8. The van der Waals surface area contributed by atoms with Crippen molar-refractivity contribution in [1.29, 1.82) is 0 Å². The van der Waals surface area contributed by atoms with Crippen LogP contribution in [0.5, 0.6) is 0 Å². The van der Waals surface area contributed by atoms with Gasteiger partial charge in [-0.25, -0.2) is 18.4 Å². The van der Waals surface area contributed by atoms with Crippen molar-refractivity contribution in [3.63, 3.8) is 0 Å². The molecule has 0 fully saturated rings. The van der Waals surface area contributed by atoms with Crippen LogP contribution in [-0.4, -0.2) is 49.1 Å². The maximum absolute atomic E-state index is 11.0. The van der Waals surface area contributed by atoms with Gasteiger partial charge in [0, 0.05) is 0 Å². The molecule has 1 aromatic rings. The lowest BCUT2D eigenvalue weighted by Gasteiger charge is -2.15. The third kappa shape index (κ3) is 9.68. The van der Waals surface area contributed by atoms with Crippen LogP contribution in [-0.2, 0) is 24.4 Å². The largest absolute Gasteiger partial charge is 0.480 e. The number of hydrogen-bond acceptors (Lipinski definition) is 6. The summed E-state index contributed by atoms with van der Waals surface area (Å²) in [5, 5.41) is 22.9. The molecule has 0 aliphatic heterocycles. The average molecular weight is 403 g/mol. The maximum atomic E-state index is 11.0. The van der Waals surface area contributed by atoms with Crippen molar-refractivity contribution in [2.45, 2.75) is 31.6 Å². The van der Waals surface area contributed by atoms with Gasteiger partial charge in [0.05, 0.1) is 6.54 Å². The number of aliphatic carboxylic acids is 2. The minimum absolute atomic E-state index is 0.155. The normalized spacial score (nSPS) is 13.1. The smallest absolute Gasteiger partial charge is 0.327 e. The van der Waals surface area contributed by atoms with E-state index in [9.17, 15) is 22.8 Å². The highest BCUT2D eigenvalue weighted by atomic mass is 32.2. The van der Waals surface area contributed by atoms with Gasteiger partial charge in [0.15, 0.2) is 5.25 Å². The lowest BCUT2D eigenvalue weighted by Crippen LogP contribution is -2.44. The Hall–Kier alpha value is -2.50. The molecule has 2 unspecified atom stereocenters. The maximum Gasteiger partial charge on any atom is 0.327 e. The minimum atomic E-state index is -4.12. The van der Waals surface area contributed by atoms with Crippen LogP contribution in [0, 0.1) is 5.92 Å². The van der Waals surface area contributed by atoms with E-state index in [4.69, 9.17) is 21.1 Å². The molecule has 0 aliphatic carbocycles. The number of sulfonamides is 1. The molecular formula is C16H25N3O7S. The molecule has 0 radical (unpaired) electrons. The predicted octanol–water partition coefficient (Wildman–Crippen LogP) is -0.339. The first kappa shape index (κ1) is 24.5. The van der Waals surface area contributed by atoms with E-state index in [1.807, 2.05) is 13.8 Å². The van der Waals surface area contributed by atoms with Crippen LogP contribution in [0.15, 0.2) is 30.3 Å². The zero-order valence-corrected chi connectivity index (χ0v) is 15.8. The van der Waals surface area contributed by atoms with Gasteiger partial charge >= 0.3 is 11.9 Å². The molecule has 10 nitrogen and oxygen atoms in total. The number of nitrogens with two attached hydrogens (primary N) is 2. The summed E-state index contributed by atoms with van der Waals surface area (Å²) in [7, 11) is -4.12. The van der Waals surface area contributed by atoms with E-state index in [1.54, 1.807) is 18.2 Å². The van der Waals surface area contributed by atoms with Gasteiger partial charge in [0.2, 0.25) is 15.9 Å². The molecule has 152 valence electrons. The number of benzene rings is 1. The number of carbonyl (C=O) groups is 3. The van der Waals surface area contributed by atoms with Gasteiger partial charge in [-0.15, -0.1) is 0 Å². The molecule has 27 heavy (non-hydrogen) atoms. The fourth-order valence-corrected chi connectivity index (χ4v) is 2.86. The van der Waals surface area contributed by atoms with Crippen LogP contribution < -0.4 is 16.2 Å². The van der Waals surface area contributed by atoms with Gasteiger partial charge in [0.1, 0.15) is 6.04 Å². The van der Waals surface area contributed by atoms with Crippen LogP contribution in [0.3, 0.4) is 0 Å². The summed E-state index contributed by atoms with van der Waals surface area (Å²) in [6, 6.07) is 6.75. The summed E-state index contributed by atoms with van der Waals surface area (Å²) in [5.74, 6) is -2.71. The highest BCUT2D eigenvalue weighted by Gasteiger charge is 2.30. The highest BCUT2D eigenvalue weighted by Crippen LogP contribution is 2.19. The van der Waals surface area contributed by atoms with Gasteiger partial charge in [-0.2, -0.15) is 0 Å². The van der Waals surface area contributed by atoms with Crippen molar-refractivity contribution in [2.24, 2.45) is 16.8 Å². The summed E-state index contributed by atoms with van der Waals surface area (Å²) in [6.45, 7) is 3.61. The molecule has 0 heterocycles. The summed E-state index contributed by atoms with van der Waals surface area (Å²) in [6.07, 6.45) is 0.418. The Bertz CT molecular complexity index is 736. The highest BCUT2D eigenvalue weighted by molar-refractivity contribution is 7.90. The Balaban J connectivity index is 0.000000503. The zero-order chi connectivity index (χ0) is 21.2. The minimum Gasteiger partial charge on any atom is -0.480 e. The molecule has 1 amide bonds. The zero-order valence-electron chi connectivity index (χ0n) is 15.0. The second kappa shape index (κ2) is 11.3. The van der Waals surface area contributed by atoms with E-state index in [1.165, 1.54) is 12.1 Å². The first-order valence-electron chi connectivity index (χ1n) is 7.91. The third-order valence-electron chi connectivity index (χ3n) is 3.18. The summed E-state index contributed by atoms with van der Waals surface area (Å²) in [5.41, 5.74) is 5.20. The number of amides is 1. The summed E-state index contributed by atoms with van der Waals surface area (Å²) in [4.78, 5) is 32.1. The van der Waals surface area contributed by atoms with E-state index < -0.39 is 39.2 Å². The molecule has 0 aliphatic rings. The second-order valence-corrected chi connectivity index (χ2v) is 7.66. The first-order valence-corrected chi connectivity index (χ1v) is 9.52. The molecule has 1 aromatic carbocycles. The topological polar surface area (TPSA) is 190 Å². The molecule has 2 atom stereocenters. The molecule has 11 heteroatoms. The van der Waals surface area contributed by atoms with Crippen molar-refractivity contribution in [3.8, 4) is 0 Å². The van der Waals surface area contributed by atoms with Crippen LogP contribution in [0.4, 0.5) is 0 Å². The first-order chi connectivity index (χ1) is 12.4. The van der Waals surface area contributed by atoms with E-state index >= 15 is 0 Å². The van der Waals surface area contributed by atoms with Crippen LogP contribution in [0.25, 0.3) is 0 Å². The van der Waals surface area contributed by atoms with Crippen molar-refractivity contribution < 1.29 is 33.0 Å². The molecule has 1 rings (SSSR count). The molecule has 0 saturated heterocycles. The van der Waals surface area contributed by atoms with Crippen molar-refractivity contribution in [1.82, 2.24) is 5.32 Å². The molecule has 0 bridgehead atoms. The fourth-order valence-electron chi connectivity index (χ4n) is 2.05. The number of carbonyl (C=O) groups excluding carboxylic acids is 1. The molecular weight excluding hydrogens is 378 g/mol. The van der Waals surface area contributed by atoms with Crippen molar-refractivity contribution in [2.75, 3.05) is 6.54 Å². The number of primary sulfonamides is 1. The van der Waals surface area contributed by atoms with Crippen LogP contribution >= 0.6 is 0 Å². The van der Waals surface area contributed by atoms with Gasteiger partial charge in [-0.1, -0.05) is 44.2 Å². The van der Waals surface area contributed by atoms with E-state index in [0.29, 0.717) is 6.42 Å². The lowest BCUT2D eigenvalue weighted by molar-refractivity contribution is -0.142. The Labute approximate surface area is 157 Å². The van der Waals surface area contributed by atoms with Gasteiger partial charge in [0.25, 0.3) is 0 Å². The van der Waals surface area contributed by atoms with E-state index in [0.717, 1.165) is 0 Å². The number of nitrogens with one attached hydrogen (secondary N) is 1. The molecule has 7 N–H and O–H groups in total. The van der Waals surface area contributed by atoms with E-state index in [2.05, 4.69) is 5.32 Å². The Kier molecular flexibility index (Phi) is 10.2. The molecule has 0 spiro atoms. The average Bonchev–Trinajstić information content (AvgIpc) is 2.53. The lowest BCUT2D eigenvalue weighted by atomic mass is 10.0. The Morgan fingerprint density at radius 1 is 1.07 bits per heavy atom. The summed E-state index contributed by atoms with van der Waals surface area (Å²) >= 11 is 0. The summed E-state index contributed by atoms with van der Waals surface area (Å²) < 4.78 is 21.9. The molecule has 0 aromatic heterocycles. The predicted molar refractivity (Wildman–Crippen MR) is 98.0 cm³/mol. The number of hydrogen-bond donors (Lipinski definition) is 5. The van der Waals surface area contributed by atoms with Gasteiger partial charge < -0.3 is 21.3 Å². The standard InChI is InChI=1S/C8H16N2O3.C8H9NO4S/c1-5(2)3-6(8(12)13)10-7(11)4-9;9-14(12,13)7(8(10)11)6-4-2-1-3-5-6/h5-6H,3-4,9H2,1-2H3,(H,10,11)(H,12,13);1-5,7H,(H,10,11)(H2,9,12,13). The SMILES string of the molecule is CC(C)CC(NC(=O)CN)C(=O)O.NS(=O)(=O)C(C(=O)O)c1ccccc1. The Morgan fingerprint density at radius 2 is 1.59 bits per heavy atom. The fraction of sp³-hybridized carbons (Fsp3) is 0.438. The van der Waals surface area contributed by atoms with Gasteiger partial charge in [-0.3, -0.25) is 9.59 Å². The quantitative estimate of drug-likeness (QED) is 0.389. The second-order valence-electron chi connectivity index (χ2n) is 6.01. The number of carboxylic acids is 2. The van der Waals surface area contributed by atoms with Crippen LogP contribution in [0.2, 0.25) is 0 Å². The monoisotopic (exact) mass is 403 g/mol.